The third-order valence-electron chi connectivity index (χ3n) is 2.20. The van der Waals surface area contributed by atoms with Gasteiger partial charge in [0.1, 0.15) is 5.60 Å². The SMILES string of the molecule is CC(C)(O)C(I)(I)OCCOCCOCCOCCO.[TeH2]. The van der Waals surface area contributed by atoms with Crippen molar-refractivity contribution in [2.24, 2.45) is 0 Å². The van der Waals surface area contributed by atoms with E-state index in [1.54, 1.807) is 13.8 Å². The van der Waals surface area contributed by atoms with E-state index < -0.39 is 7.22 Å². The topological polar surface area (TPSA) is 77.4 Å². The first-order valence-electron chi connectivity index (χ1n) is 6.39. The second-order valence-corrected chi connectivity index (χ2v) is 9.59. The van der Waals surface area contributed by atoms with Gasteiger partial charge in [0.2, 0.25) is 0 Å². The van der Waals surface area contributed by atoms with E-state index in [1.807, 2.05) is 0 Å². The van der Waals surface area contributed by atoms with Crippen LogP contribution in [-0.4, -0.2) is 94.0 Å². The van der Waals surface area contributed by atoms with Crippen LogP contribution in [0.4, 0.5) is 0 Å². The zero-order chi connectivity index (χ0) is 15.5. The van der Waals surface area contributed by atoms with Crippen molar-refractivity contribution >= 4 is 68.8 Å². The summed E-state index contributed by atoms with van der Waals surface area (Å²) in [7, 11) is 0. The predicted molar refractivity (Wildman–Crippen MR) is 101 cm³/mol. The first-order valence-corrected chi connectivity index (χ1v) is 8.55. The van der Waals surface area contributed by atoms with Crippen LogP contribution < -0.4 is 0 Å². The molecule has 0 spiro atoms. The monoisotopic (exact) mass is 650 g/mol. The summed E-state index contributed by atoms with van der Waals surface area (Å²) in [6.07, 6.45) is 0. The van der Waals surface area contributed by atoms with Crippen molar-refractivity contribution in [3.05, 3.63) is 0 Å². The molecule has 0 saturated carbocycles. The van der Waals surface area contributed by atoms with Crippen molar-refractivity contribution in [1.29, 1.82) is 0 Å². The van der Waals surface area contributed by atoms with Gasteiger partial charge in [0, 0.05) is 0 Å². The molecule has 6 nitrogen and oxygen atoms in total. The number of rotatable bonds is 13. The minimum atomic E-state index is -0.925. The van der Waals surface area contributed by atoms with E-state index >= 15 is 0 Å². The zero-order valence-electron chi connectivity index (χ0n) is 12.4. The maximum atomic E-state index is 9.88. The van der Waals surface area contributed by atoms with Gasteiger partial charge in [-0.1, -0.05) is 0 Å². The van der Waals surface area contributed by atoms with Crippen LogP contribution in [0.2, 0.25) is 0 Å². The Morgan fingerprint density at radius 2 is 1.19 bits per heavy atom. The molecule has 0 unspecified atom stereocenters. The molecule has 9 heteroatoms. The second kappa shape index (κ2) is 14.4. The molecule has 0 aromatic carbocycles. The number of hydrogen-bond acceptors (Lipinski definition) is 6. The average Bonchev–Trinajstić information content (AvgIpc) is 2.34. The summed E-state index contributed by atoms with van der Waals surface area (Å²) < 4.78 is 20.6. The Morgan fingerprint density at radius 1 is 0.810 bits per heavy atom. The fourth-order valence-electron chi connectivity index (χ4n) is 1.01. The van der Waals surface area contributed by atoms with Gasteiger partial charge >= 0.3 is 23.7 Å². The maximum absolute atomic E-state index is 9.88. The number of aliphatic hydroxyl groups is 2. The molecule has 2 N–H and O–H groups in total. The van der Waals surface area contributed by atoms with E-state index in [2.05, 4.69) is 45.2 Å². The van der Waals surface area contributed by atoms with Crippen LogP contribution in [0.15, 0.2) is 0 Å². The van der Waals surface area contributed by atoms with Crippen molar-refractivity contribution in [3.63, 3.8) is 0 Å². The Hall–Kier alpha value is 2.01. The van der Waals surface area contributed by atoms with Crippen molar-refractivity contribution in [3.8, 4) is 0 Å². The summed E-state index contributed by atoms with van der Waals surface area (Å²) in [6.45, 7) is 6.60. The quantitative estimate of drug-likeness (QED) is 0.131. The Labute approximate surface area is 170 Å². The fourth-order valence-corrected chi connectivity index (χ4v) is 1.45. The Bertz CT molecular complexity index is 238. The van der Waals surface area contributed by atoms with E-state index in [0.717, 1.165) is 0 Å². The normalized spacial score (nSPS) is 12.3. The molecule has 0 heterocycles. The molecule has 0 radical (unpaired) electrons. The predicted octanol–water partition coefficient (Wildman–Crippen LogP) is 0.424. The molecule has 0 aliphatic rings. The van der Waals surface area contributed by atoms with Crippen LogP contribution >= 0.6 is 45.2 Å². The molecule has 0 rings (SSSR count). The van der Waals surface area contributed by atoms with Crippen LogP contribution in [0, 0.1) is 0 Å². The van der Waals surface area contributed by atoms with Gasteiger partial charge < -0.3 is 29.2 Å². The van der Waals surface area contributed by atoms with Crippen molar-refractivity contribution < 1.29 is 29.2 Å². The molecule has 0 aliphatic heterocycles. The molecule has 0 amide bonds. The number of alkyl halides is 2. The van der Waals surface area contributed by atoms with Gasteiger partial charge in [-0.05, 0) is 59.0 Å². The van der Waals surface area contributed by atoms with Crippen LogP contribution in [0.5, 0.6) is 0 Å². The van der Waals surface area contributed by atoms with Crippen LogP contribution in [0.1, 0.15) is 13.8 Å². The molecule has 0 atom stereocenters. The molecule has 21 heavy (non-hydrogen) atoms. The van der Waals surface area contributed by atoms with Crippen molar-refractivity contribution in [2.45, 2.75) is 21.1 Å². The number of hydrogen-bond donors (Lipinski definition) is 2. The fraction of sp³-hybridized carbons (Fsp3) is 1.00. The van der Waals surface area contributed by atoms with E-state index in [0.29, 0.717) is 46.2 Å². The van der Waals surface area contributed by atoms with E-state index in [4.69, 9.17) is 24.1 Å². The van der Waals surface area contributed by atoms with Gasteiger partial charge in [-0.2, -0.15) is 0 Å². The van der Waals surface area contributed by atoms with E-state index in [9.17, 15) is 5.11 Å². The third-order valence-corrected chi connectivity index (χ3v) is 5.47. The minimum absolute atomic E-state index is 0. The molecule has 0 aromatic heterocycles. The zero-order valence-corrected chi connectivity index (χ0v) is 19.6. The molecular weight excluding hydrogens is 622 g/mol. The van der Waals surface area contributed by atoms with Gasteiger partial charge in [-0.3, -0.25) is 0 Å². The van der Waals surface area contributed by atoms with Crippen LogP contribution in [0.3, 0.4) is 0 Å². The van der Waals surface area contributed by atoms with Gasteiger partial charge in [-0.25, -0.2) is 0 Å². The Kier molecular flexibility index (Phi) is 17.3. The molecule has 130 valence electrons. The van der Waals surface area contributed by atoms with Gasteiger partial charge in [0.05, 0.1) is 52.9 Å². The van der Waals surface area contributed by atoms with Gasteiger partial charge in [0.15, 0.2) is 1.61 Å². The summed E-state index contributed by atoms with van der Waals surface area (Å²) in [5, 5.41) is 18.4. The second-order valence-electron chi connectivity index (χ2n) is 4.48. The summed E-state index contributed by atoms with van der Waals surface area (Å²) in [4.78, 5) is 0. The van der Waals surface area contributed by atoms with Crippen molar-refractivity contribution in [1.82, 2.24) is 0 Å². The molecular formula is C12H26I2O6Te. The average molecular weight is 648 g/mol. The van der Waals surface area contributed by atoms with Crippen LogP contribution in [0.25, 0.3) is 0 Å². The molecule has 0 bridgehead atoms. The van der Waals surface area contributed by atoms with Gasteiger partial charge in [0.25, 0.3) is 0 Å². The molecule has 0 aliphatic carbocycles. The molecule has 0 saturated heterocycles. The summed E-state index contributed by atoms with van der Waals surface area (Å²) in [5.74, 6) is 0. The number of halogens is 2. The van der Waals surface area contributed by atoms with Gasteiger partial charge in [-0.15, -0.1) is 0 Å². The van der Waals surface area contributed by atoms with Crippen LogP contribution in [-0.2, 0) is 18.9 Å². The Morgan fingerprint density at radius 3 is 1.57 bits per heavy atom. The number of ether oxygens (including phenoxy) is 4. The van der Waals surface area contributed by atoms with Crippen molar-refractivity contribution in [2.75, 3.05) is 52.9 Å². The number of aliphatic hydroxyl groups excluding tert-OH is 1. The Balaban J connectivity index is 0. The van der Waals surface area contributed by atoms with E-state index in [1.165, 1.54) is 0 Å². The standard InChI is InChI=1S/C12H24I2O6.H2Te/c1-11(2,16)12(13,14)20-10-9-19-8-7-18-6-5-17-4-3-15;/h15-16H,3-10H2,1-2H3;1H2. The molecule has 0 aromatic rings. The first-order chi connectivity index (χ1) is 9.31. The molecule has 0 fully saturated rings. The first kappa shape index (κ1) is 25.3. The van der Waals surface area contributed by atoms with E-state index in [-0.39, 0.29) is 30.3 Å². The summed E-state index contributed by atoms with van der Waals surface area (Å²) in [5.41, 5.74) is -0.925. The third kappa shape index (κ3) is 14.1. The summed E-state index contributed by atoms with van der Waals surface area (Å²) >= 11 is 4.15. The summed E-state index contributed by atoms with van der Waals surface area (Å²) in [6, 6.07) is 0.